The Labute approximate surface area is 195 Å². The molecule has 0 bridgehead atoms. The van der Waals surface area contributed by atoms with Gasteiger partial charge >= 0.3 is 5.97 Å². The van der Waals surface area contributed by atoms with Crippen molar-refractivity contribution in [3.05, 3.63) is 106 Å². The molecule has 2 N–H and O–H groups in total. The molecule has 3 aromatic carbocycles. The van der Waals surface area contributed by atoms with E-state index in [-0.39, 0.29) is 17.0 Å². The number of rotatable bonds is 9. The van der Waals surface area contributed by atoms with Gasteiger partial charge in [0.05, 0.1) is 22.5 Å². The summed E-state index contributed by atoms with van der Waals surface area (Å²) in [5.41, 5.74) is 6.26. The van der Waals surface area contributed by atoms with Crippen molar-refractivity contribution in [1.82, 2.24) is 4.31 Å². The van der Waals surface area contributed by atoms with Gasteiger partial charge in [-0.05, 0) is 29.3 Å². The molecule has 1 atom stereocenters. The molecule has 10 nitrogen and oxygen atoms in total. The van der Waals surface area contributed by atoms with E-state index in [1.165, 1.54) is 43.5 Å². The molecule has 0 aliphatic carbocycles. The first kappa shape index (κ1) is 24.6. The minimum Gasteiger partial charge on any atom is -0.465 e. The van der Waals surface area contributed by atoms with Gasteiger partial charge in [-0.2, -0.15) is 4.31 Å². The van der Waals surface area contributed by atoms with Crippen molar-refractivity contribution in [2.75, 3.05) is 7.11 Å². The predicted octanol–water partition coefficient (Wildman–Crippen LogP) is 2.80. The lowest BCUT2D eigenvalue weighted by Crippen LogP contribution is -2.41. The van der Waals surface area contributed by atoms with Crippen LogP contribution in [-0.2, 0) is 26.1 Å². The van der Waals surface area contributed by atoms with Crippen LogP contribution in [0.4, 0.5) is 5.69 Å². The van der Waals surface area contributed by atoms with Crippen LogP contribution < -0.4 is 5.73 Å². The molecule has 0 aliphatic heterocycles. The molecule has 3 aromatic rings. The van der Waals surface area contributed by atoms with Crippen molar-refractivity contribution >= 4 is 27.6 Å². The van der Waals surface area contributed by atoms with Crippen LogP contribution in [0.2, 0.25) is 0 Å². The van der Waals surface area contributed by atoms with Gasteiger partial charge in [-0.1, -0.05) is 48.5 Å². The number of nitrogens with zero attached hydrogens (tertiary/aromatic N) is 2. The summed E-state index contributed by atoms with van der Waals surface area (Å²) in [4.78, 5) is 34.4. The van der Waals surface area contributed by atoms with E-state index < -0.39 is 38.6 Å². The number of sulfonamides is 1. The third-order valence-electron chi connectivity index (χ3n) is 5.02. The fourth-order valence-electron chi connectivity index (χ4n) is 3.36. The molecule has 0 fully saturated rings. The van der Waals surface area contributed by atoms with Gasteiger partial charge in [0.15, 0.2) is 0 Å². The maximum Gasteiger partial charge on any atom is 0.337 e. The first-order valence-electron chi connectivity index (χ1n) is 9.93. The molecular weight excluding hydrogens is 462 g/mol. The van der Waals surface area contributed by atoms with Crippen molar-refractivity contribution in [2.24, 2.45) is 5.73 Å². The highest BCUT2D eigenvalue weighted by molar-refractivity contribution is 7.89. The largest absolute Gasteiger partial charge is 0.465 e. The number of amides is 1. The van der Waals surface area contributed by atoms with Crippen LogP contribution >= 0.6 is 0 Å². The fourth-order valence-corrected chi connectivity index (χ4v) is 4.97. The number of carbonyl (C=O) groups excluding carboxylic acids is 2. The lowest BCUT2D eigenvalue weighted by Gasteiger charge is -2.29. The Bertz CT molecular complexity index is 1310. The maximum atomic E-state index is 13.7. The number of hydrogen-bond donors (Lipinski definition) is 1. The molecule has 0 saturated heterocycles. The van der Waals surface area contributed by atoms with E-state index in [4.69, 9.17) is 5.73 Å². The standard InChI is InChI=1S/C23H21N3O7S/c1-33-23(28)18-12-10-16(11-13-18)15-25(21(22(24)27)17-6-3-2-4-7-17)34(31,32)20-9-5-8-19(14-20)26(29)30/h2-14,21H,15H2,1H3,(H2,24,27). The van der Waals surface area contributed by atoms with E-state index >= 15 is 0 Å². The Morgan fingerprint density at radius 1 is 1.03 bits per heavy atom. The van der Waals surface area contributed by atoms with Crippen molar-refractivity contribution < 1.29 is 27.7 Å². The van der Waals surface area contributed by atoms with Crippen molar-refractivity contribution in [2.45, 2.75) is 17.5 Å². The number of methoxy groups -OCH3 is 1. The maximum absolute atomic E-state index is 13.7. The van der Waals surface area contributed by atoms with Crippen LogP contribution in [0.1, 0.15) is 27.5 Å². The topological polar surface area (TPSA) is 150 Å². The van der Waals surface area contributed by atoms with E-state index in [1.807, 2.05) is 0 Å². The van der Waals surface area contributed by atoms with Crippen LogP contribution in [0.5, 0.6) is 0 Å². The number of nitrogens with two attached hydrogens (primary N) is 1. The normalized spacial score (nSPS) is 12.2. The summed E-state index contributed by atoms with van der Waals surface area (Å²) in [6, 6.07) is 17.2. The molecule has 0 aromatic heterocycles. The van der Waals surface area contributed by atoms with Gasteiger partial charge in [0.1, 0.15) is 6.04 Å². The average molecular weight is 484 g/mol. The van der Waals surface area contributed by atoms with Crippen LogP contribution in [0.15, 0.2) is 83.8 Å². The first-order chi connectivity index (χ1) is 16.1. The zero-order valence-corrected chi connectivity index (χ0v) is 18.8. The second-order valence-electron chi connectivity index (χ2n) is 7.21. The molecule has 0 aliphatic rings. The van der Waals surface area contributed by atoms with Gasteiger partial charge in [-0.3, -0.25) is 14.9 Å². The highest BCUT2D eigenvalue weighted by atomic mass is 32.2. The monoisotopic (exact) mass is 483 g/mol. The van der Waals surface area contributed by atoms with Gasteiger partial charge in [0.25, 0.3) is 5.69 Å². The van der Waals surface area contributed by atoms with Gasteiger partial charge < -0.3 is 10.5 Å². The fraction of sp³-hybridized carbons (Fsp3) is 0.130. The number of non-ortho nitro benzene ring substituents is 1. The summed E-state index contributed by atoms with van der Waals surface area (Å²) < 4.78 is 32.9. The van der Waals surface area contributed by atoms with Crippen molar-refractivity contribution in [1.29, 1.82) is 0 Å². The van der Waals surface area contributed by atoms with Crippen molar-refractivity contribution in [3.63, 3.8) is 0 Å². The Balaban J connectivity index is 2.13. The van der Waals surface area contributed by atoms with E-state index in [1.54, 1.807) is 30.3 Å². The minimum atomic E-state index is -4.44. The summed E-state index contributed by atoms with van der Waals surface area (Å²) >= 11 is 0. The highest BCUT2D eigenvalue weighted by Crippen LogP contribution is 2.31. The number of nitro groups is 1. The number of primary amides is 1. The second kappa shape index (κ2) is 10.2. The number of hydrogen-bond acceptors (Lipinski definition) is 7. The van der Waals surface area contributed by atoms with E-state index in [9.17, 15) is 28.1 Å². The molecule has 0 spiro atoms. The number of esters is 1. The van der Waals surface area contributed by atoms with Gasteiger partial charge in [-0.25, -0.2) is 13.2 Å². The SMILES string of the molecule is COC(=O)c1ccc(CN(C(C(N)=O)c2ccccc2)S(=O)(=O)c2cccc([N+](=O)[O-])c2)cc1. The molecular formula is C23H21N3O7S. The Kier molecular flexibility index (Phi) is 7.39. The highest BCUT2D eigenvalue weighted by Gasteiger charge is 2.36. The third-order valence-corrected chi connectivity index (χ3v) is 6.83. The molecule has 11 heteroatoms. The molecule has 176 valence electrons. The quantitative estimate of drug-likeness (QED) is 0.279. The number of ether oxygens (including phenoxy) is 1. The second-order valence-corrected chi connectivity index (χ2v) is 9.10. The predicted molar refractivity (Wildman–Crippen MR) is 122 cm³/mol. The van der Waals surface area contributed by atoms with Crippen molar-refractivity contribution in [3.8, 4) is 0 Å². The molecule has 34 heavy (non-hydrogen) atoms. The molecule has 1 amide bonds. The van der Waals surface area contributed by atoms with Crippen LogP contribution in [0, 0.1) is 10.1 Å². The number of benzene rings is 3. The minimum absolute atomic E-state index is 0.258. The van der Waals surface area contributed by atoms with Gasteiger partial charge in [0, 0.05) is 18.7 Å². The van der Waals surface area contributed by atoms with Gasteiger partial charge in [0.2, 0.25) is 15.9 Å². The van der Waals surface area contributed by atoms with Crippen LogP contribution in [-0.4, -0.2) is 36.6 Å². The number of nitro benzene ring substituents is 1. The molecule has 0 heterocycles. The summed E-state index contributed by atoms with van der Waals surface area (Å²) in [6.07, 6.45) is 0. The summed E-state index contributed by atoms with van der Waals surface area (Å²) in [7, 11) is -3.21. The van der Waals surface area contributed by atoms with E-state index in [0.717, 1.165) is 16.4 Å². The zero-order chi connectivity index (χ0) is 24.9. The zero-order valence-electron chi connectivity index (χ0n) is 18.0. The Morgan fingerprint density at radius 2 is 1.68 bits per heavy atom. The van der Waals surface area contributed by atoms with Crippen LogP contribution in [0.25, 0.3) is 0 Å². The Hall–Kier alpha value is -4.09. The van der Waals surface area contributed by atoms with E-state index in [0.29, 0.717) is 11.1 Å². The van der Waals surface area contributed by atoms with Gasteiger partial charge in [-0.15, -0.1) is 0 Å². The lowest BCUT2D eigenvalue weighted by atomic mass is 10.1. The average Bonchev–Trinajstić information content (AvgIpc) is 2.84. The molecule has 0 saturated carbocycles. The lowest BCUT2D eigenvalue weighted by molar-refractivity contribution is -0.385. The first-order valence-corrected chi connectivity index (χ1v) is 11.4. The Morgan fingerprint density at radius 3 is 2.24 bits per heavy atom. The smallest absolute Gasteiger partial charge is 0.337 e. The summed E-state index contributed by atoms with van der Waals surface area (Å²) in [5, 5.41) is 11.2. The third kappa shape index (κ3) is 5.27. The molecule has 3 rings (SSSR count). The van der Waals surface area contributed by atoms with Crippen LogP contribution in [0.3, 0.4) is 0 Å². The van der Waals surface area contributed by atoms with E-state index in [2.05, 4.69) is 4.74 Å². The number of carbonyl (C=O) groups is 2. The summed E-state index contributed by atoms with van der Waals surface area (Å²) in [6.45, 7) is -0.297. The molecule has 1 unspecified atom stereocenters. The summed E-state index contributed by atoms with van der Waals surface area (Å²) in [5.74, 6) is -1.49. The molecule has 0 radical (unpaired) electrons.